The Morgan fingerprint density at radius 1 is 0.182 bits per heavy atom. The fourth-order valence-electron chi connectivity index (χ4n) is 17.3. The first-order valence-electron chi connectivity index (χ1n) is 45.3. The van der Waals surface area contributed by atoms with E-state index in [-0.39, 0.29) is 0 Å². The second kappa shape index (κ2) is 41.0. The van der Waals surface area contributed by atoms with E-state index in [1.54, 1.807) is 0 Å². The lowest BCUT2D eigenvalue weighted by Gasteiger charge is -2.07. The molecule has 26 aromatic rings. The van der Waals surface area contributed by atoms with Crippen molar-refractivity contribution in [3.05, 3.63) is 455 Å². The highest BCUT2D eigenvalue weighted by Crippen LogP contribution is 2.41. The van der Waals surface area contributed by atoms with Gasteiger partial charge in [0.15, 0.2) is 0 Å². The first-order valence-corrected chi connectivity index (χ1v) is 48.6. The number of hydrogen-bond acceptors (Lipinski definition) is 8. The lowest BCUT2D eigenvalue weighted by atomic mass is 9.99. The summed E-state index contributed by atoms with van der Waals surface area (Å²) in [6.45, 7) is 30.2. The Morgan fingerprint density at radius 3 is 1.17 bits per heavy atom. The van der Waals surface area contributed by atoms with Crippen LogP contribution in [0.15, 0.2) is 406 Å². The van der Waals surface area contributed by atoms with Crippen LogP contribution < -0.4 is 0 Å². The van der Waals surface area contributed by atoms with Gasteiger partial charge in [-0.2, -0.15) is 0 Å². The lowest BCUT2D eigenvalue weighted by molar-refractivity contribution is 0.665. The molecule has 0 saturated heterocycles. The largest absolute Gasteiger partial charge is 0.456 e. The van der Waals surface area contributed by atoms with Crippen molar-refractivity contribution in [1.29, 1.82) is 0 Å². The third-order valence-corrected chi connectivity index (χ3v) is 28.8. The van der Waals surface area contributed by atoms with E-state index >= 15 is 0 Å². The van der Waals surface area contributed by atoms with Crippen molar-refractivity contribution in [2.75, 3.05) is 0 Å². The summed E-state index contributed by atoms with van der Waals surface area (Å²) in [6, 6.07) is 136. The van der Waals surface area contributed by atoms with Gasteiger partial charge in [-0.25, -0.2) is 0 Å². The predicted octanol–water partition coefficient (Wildman–Crippen LogP) is 39.3. The molecule has 132 heavy (non-hydrogen) atoms. The third kappa shape index (κ3) is 20.3. The molecule has 0 fully saturated rings. The fourth-order valence-corrected chi connectivity index (χ4v) is 21.9. The molecule has 0 unspecified atom stereocenters. The molecule has 8 heterocycles. The molecule has 8 aromatic heterocycles. The molecule has 18 aromatic carbocycles. The summed E-state index contributed by atoms with van der Waals surface area (Å²) >= 11 is 7.51. The van der Waals surface area contributed by atoms with Gasteiger partial charge in [0.2, 0.25) is 0 Å². The van der Waals surface area contributed by atoms with Crippen molar-refractivity contribution in [2.45, 2.75) is 109 Å². The third-order valence-electron chi connectivity index (χ3n) is 24.1. The SMILES string of the molecule is Cc1ccc2c(c1)oc1ccccc12.Cc1ccc2c(c1)sc1ccccc12.Cc1ccc2oc3ccccc3c2c1.Cc1ccc2sc3ccccc3c2c1.Cc1cccc(C(C)C)c1.Cc1cccc2c1oc1ccccc12.Cc1cccc2c1sc1ccccc12.Cc1cccc2oc3ccccc3c12.Cc1cccc2sc3ccccc3c12.Cc1ccccc1C(C)C. The second-order valence-corrected chi connectivity index (χ2v) is 39.0. The van der Waals surface area contributed by atoms with E-state index in [2.05, 4.69) is 394 Å². The lowest BCUT2D eigenvalue weighted by Crippen LogP contribution is -1.89. The van der Waals surface area contributed by atoms with E-state index in [9.17, 15) is 0 Å². The Kier molecular flexibility index (Phi) is 28.0. The monoisotopic (exact) mass is 1790 g/mol. The molecule has 0 radical (unpaired) electrons. The molecule has 26 rings (SSSR count). The first kappa shape index (κ1) is 90.0. The standard InChI is InChI=1S/4C13H10O.4C13H10S.2C10H14/c1-9-5-4-7-11-10-6-2-3-8-12(10)14-13(9)11;1-9-5-4-8-12-13(9)10-6-2-3-7-11(10)14-12;1-9-6-7-13-11(8-9)10-4-2-3-5-12(10)14-13;1-9-6-7-11-10-4-2-3-5-12(10)14-13(11)8-9;1-9-5-4-7-11-10-6-2-3-8-12(10)14-13(9)11;1-9-5-4-8-12-13(9)10-6-2-3-7-11(10)14-12;1-9-6-7-13-11(8-9)10-4-2-3-5-12(10)14-13;1-9-6-7-11-10-4-2-3-5-12(10)14-13(11)8-9;1-8(2)10-6-4-5-9(3)7-10;1-8(2)10-7-5-4-6-9(10)3/h8*2-8H,1H3;2*4-8H,1-3H3. The van der Waals surface area contributed by atoms with E-state index in [1.165, 1.54) is 191 Å². The minimum atomic E-state index is 0.653. The van der Waals surface area contributed by atoms with Gasteiger partial charge in [0.05, 0.1) is 0 Å². The smallest absolute Gasteiger partial charge is 0.138 e. The molecule has 0 aliphatic heterocycles. The Balaban J connectivity index is 0.000000103. The zero-order chi connectivity index (χ0) is 91.5. The Labute approximate surface area is 788 Å². The number of hydrogen-bond donors (Lipinski definition) is 0. The summed E-state index contributed by atoms with van der Waals surface area (Å²) < 4.78 is 34.1. The van der Waals surface area contributed by atoms with Crippen molar-refractivity contribution in [1.82, 2.24) is 0 Å². The molecule has 0 saturated carbocycles. The van der Waals surface area contributed by atoms with Gasteiger partial charge >= 0.3 is 0 Å². The number of rotatable bonds is 2. The van der Waals surface area contributed by atoms with Crippen LogP contribution in [0, 0.1) is 69.2 Å². The summed E-state index contributed by atoms with van der Waals surface area (Å²) in [6.07, 6.45) is 0. The maximum atomic E-state index is 5.78. The molecule has 0 amide bonds. The van der Waals surface area contributed by atoms with Crippen LogP contribution in [0.3, 0.4) is 0 Å². The zero-order valence-corrected chi connectivity index (χ0v) is 80.6. The van der Waals surface area contributed by atoms with E-state index in [1.807, 2.05) is 136 Å². The highest BCUT2D eigenvalue weighted by molar-refractivity contribution is 7.27. The Morgan fingerprint density at radius 2 is 0.545 bits per heavy atom. The van der Waals surface area contributed by atoms with Gasteiger partial charge in [-0.3, -0.25) is 0 Å². The van der Waals surface area contributed by atoms with Crippen LogP contribution in [0.25, 0.3) is 168 Å². The normalized spacial score (nSPS) is 11.1. The number of furan rings is 4. The van der Waals surface area contributed by atoms with Crippen molar-refractivity contribution >= 4 is 214 Å². The first-order chi connectivity index (χ1) is 64.2. The highest BCUT2D eigenvalue weighted by atomic mass is 32.1. The summed E-state index contributed by atoms with van der Waals surface area (Å²) in [5.74, 6) is 1.31. The van der Waals surface area contributed by atoms with Crippen LogP contribution >= 0.6 is 45.3 Å². The quantitative estimate of drug-likeness (QED) is 0.173. The van der Waals surface area contributed by atoms with E-state index in [0.29, 0.717) is 11.8 Å². The van der Waals surface area contributed by atoms with Crippen molar-refractivity contribution in [3.63, 3.8) is 0 Å². The van der Waals surface area contributed by atoms with Gasteiger partial charge in [-0.1, -0.05) is 336 Å². The molecular formula is C124H108O4S4. The van der Waals surface area contributed by atoms with E-state index in [0.717, 1.165) is 44.7 Å². The summed E-state index contributed by atoms with van der Waals surface area (Å²) in [7, 11) is 0. The van der Waals surface area contributed by atoms with Crippen LogP contribution in [-0.4, -0.2) is 0 Å². The zero-order valence-electron chi connectivity index (χ0n) is 77.4. The summed E-state index contributed by atoms with van der Waals surface area (Å²) in [5.41, 5.74) is 23.8. The molecular weight excluding hydrogens is 1680 g/mol. The van der Waals surface area contributed by atoms with Crippen molar-refractivity contribution < 1.29 is 17.7 Å². The minimum Gasteiger partial charge on any atom is -0.456 e. The maximum absolute atomic E-state index is 5.78. The molecule has 0 atom stereocenters. The molecule has 8 heteroatoms. The molecule has 652 valence electrons. The fraction of sp³-hybridized carbons (Fsp3) is 0.129. The average Bonchev–Trinajstić information content (AvgIpc) is 1.60. The van der Waals surface area contributed by atoms with Gasteiger partial charge in [-0.05, 0) is 228 Å². The van der Waals surface area contributed by atoms with Crippen molar-refractivity contribution in [3.8, 4) is 0 Å². The minimum absolute atomic E-state index is 0.653. The topological polar surface area (TPSA) is 52.6 Å². The van der Waals surface area contributed by atoms with Crippen molar-refractivity contribution in [2.24, 2.45) is 0 Å². The molecule has 4 nitrogen and oxygen atoms in total. The van der Waals surface area contributed by atoms with Gasteiger partial charge in [-0.15, -0.1) is 45.3 Å². The number of aryl methyl sites for hydroxylation is 10. The van der Waals surface area contributed by atoms with Gasteiger partial charge in [0.25, 0.3) is 0 Å². The van der Waals surface area contributed by atoms with Gasteiger partial charge in [0.1, 0.15) is 44.7 Å². The van der Waals surface area contributed by atoms with Crippen LogP contribution in [0.1, 0.15) is 106 Å². The summed E-state index contributed by atoms with van der Waals surface area (Å²) in [5, 5.41) is 20.8. The van der Waals surface area contributed by atoms with Crippen LogP contribution in [0.2, 0.25) is 0 Å². The van der Waals surface area contributed by atoms with Crippen LogP contribution in [0.4, 0.5) is 0 Å². The van der Waals surface area contributed by atoms with Gasteiger partial charge in [0, 0.05) is 124 Å². The number of fused-ring (bicyclic) bond motifs is 24. The molecule has 0 aliphatic carbocycles. The number of thiophene rings is 4. The molecule has 0 spiro atoms. The Bertz CT molecular complexity index is 8020. The number of benzene rings is 18. The highest BCUT2D eigenvalue weighted by Gasteiger charge is 2.14. The molecule has 0 N–H and O–H groups in total. The molecule has 0 aliphatic rings. The van der Waals surface area contributed by atoms with E-state index in [4.69, 9.17) is 17.7 Å². The second-order valence-electron chi connectivity index (χ2n) is 34.7. The maximum Gasteiger partial charge on any atom is 0.138 e. The van der Waals surface area contributed by atoms with Crippen LogP contribution in [0.5, 0.6) is 0 Å². The van der Waals surface area contributed by atoms with Crippen LogP contribution in [-0.2, 0) is 0 Å². The number of para-hydroxylation sites is 5. The predicted molar refractivity (Wildman–Crippen MR) is 581 cm³/mol. The van der Waals surface area contributed by atoms with E-state index < -0.39 is 0 Å². The summed E-state index contributed by atoms with van der Waals surface area (Å²) in [4.78, 5) is 0. The Hall–Kier alpha value is -14.0. The average molecular weight is 1790 g/mol. The van der Waals surface area contributed by atoms with Gasteiger partial charge < -0.3 is 17.7 Å². The molecule has 0 bridgehead atoms.